The molecule has 1 unspecified atom stereocenters. The Bertz CT molecular complexity index is 2510. The molecule has 0 aliphatic carbocycles. The number of hydrogen-bond donors (Lipinski definition) is 3. The fraction of sp³-hybridized carbons (Fsp3) is 0.231. The highest BCUT2D eigenvalue weighted by atomic mass is 16.6. The third-order valence-corrected chi connectivity index (χ3v) is 12.2. The van der Waals surface area contributed by atoms with E-state index < -0.39 is 46.8 Å². The number of aromatic nitrogens is 2. The minimum Gasteiger partial charge on any atom is -0.497 e. The molecule has 1 saturated heterocycles. The van der Waals surface area contributed by atoms with E-state index in [1.54, 1.807) is 14.2 Å². The third kappa shape index (κ3) is 7.14. The lowest BCUT2D eigenvalue weighted by atomic mass is 9.55. The number of methoxy groups -OCH3 is 2. The second-order valence-corrected chi connectivity index (χ2v) is 15.6. The summed E-state index contributed by atoms with van der Waals surface area (Å²) in [5.74, 6) is 1.32. The maximum Gasteiger partial charge on any atom is 0.351 e. The average molecular weight is 830 g/mol. The van der Waals surface area contributed by atoms with Crippen molar-refractivity contribution in [1.82, 2.24) is 9.55 Å². The van der Waals surface area contributed by atoms with Gasteiger partial charge in [-0.15, -0.1) is 0 Å². The van der Waals surface area contributed by atoms with Crippen molar-refractivity contribution >= 4 is 5.82 Å². The Labute approximate surface area is 361 Å². The molecule has 0 radical (unpaired) electrons. The number of nitrogens with zero attached hydrogens (tertiary/aromatic N) is 2. The number of nitrogen functional groups attached to an aromatic ring is 1. The van der Waals surface area contributed by atoms with Crippen molar-refractivity contribution in [1.29, 1.82) is 0 Å². The summed E-state index contributed by atoms with van der Waals surface area (Å²) < 4.78 is 28.2. The van der Waals surface area contributed by atoms with Gasteiger partial charge in [-0.25, -0.2) is 4.79 Å². The normalized spacial score (nSPS) is 18.8. The van der Waals surface area contributed by atoms with E-state index in [0.29, 0.717) is 17.9 Å². The molecule has 62 heavy (non-hydrogen) atoms. The molecule has 1 aliphatic heterocycles. The summed E-state index contributed by atoms with van der Waals surface area (Å²) in [7, 11) is 3.26. The quantitative estimate of drug-likeness (QED) is 0.0877. The summed E-state index contributed by atoms with van der Waals surface area (Å²) in [6.45, 7) is 2.07. The smallest absolute Gasteiger partial charge is 0.351 e. The summed E-state index contributed by atoms with van der Waals surface area (Å²) in [4.78, 5) is 17.5. The number of ether oxygens (including phenoxy) is 4. The first-order valence-corrected chi connectivity index (χ1v) is 20.8. The van der Waals surface area contributed by atoms with Crippen molar-refractivity contribution < 1.29 is 29.2 Å². The number of benzene rings is 6. The number of nitrogens with two attached hydrogens (primary N) is 1. The highest BCUT2D eigenvalue weighted by Gasteiger charge is 2.67. The molecule has 2 heterocycles. The molecule has 316 valence electrons. The Morgan fingerprint density at radius 1 is 0.613 bits per heavy atom. The summed E-state index contributed by atoms with van der Waals surface area (Å²) in [5.41, 5.74) is 5.56. The van der Waals surface area contributed by atoms with E-state index in [9.17, 15) is 15.0 Å². The number of anilines is 1. The van der Waals surface area contributed by atoms with Gasteiger partial charge in [0.25, 0.3) is 0 Å². The van der Waals surface area contributed by atoms with Crippen LogP contribution in [-0.4, -0.2) is 57.9 Å². The van der Waals surface area contributed by atoms with Crippen LogP contribution in [0.25, 0.3) is 0 Å². The maximum atomic E-state index is 13.6. The highest BCUT2D eigenvalue weighted by Crippen LogP contribution is 2.60. The van der Waals surface area contributed by atoms with Gasteiger partial charge in [-0.05, 0) is 70.1 Å². The van der Waals surface area contributed by atoms with E-state index in [4.69, 9.17) is 24.7 Å². The first kappa shape index (κ1) is 42.1. The second kappa shape index (κ2) is 17.8. The van der Waals surface area contributed by atoms with Crippen molar-refractivity contribution in [2.24, 2.45) is 0 Å². The summed E-state index contributed by atoms with van der Waals surface area (Å²) in [6, 6.07) is 57.3. The molecule has 0 bridgehead atoms. The van der Waals surface area contributed by atoms with Gasteiger partial charge in [0.2, 0.25) is 0 Å². The van der Waals surface area contributed by atoms with Crippen LogP contribution >= 0.6 is 0 Å². The first-order chi connectivity index (χ1) is 30.2. The molecule has 0 saturated carbocycles. The fourth-order valence-electron chi connectivity index (χ4n) is 9.57. The van der Waals surface area contributed by atoms with Crippen LogP contribution in [0.1, 0.15) is 59.4 Å². The Morgan fingerprint density at radius 2 is 1.03 bits per heavy atom. The zero-order valence-electron chi connectivity index (χ0n) is 35.0. The lowest BCUT2D eigenvalue weighted by molar-refractivity contribution is -0.231. The van der Waals surface area contributed by atoms with E-state index in [1.807, 2.05) is 146 Å². The molecule has 1 aliphatic rings. The van der Waals surface area contributed by atoms with Crippen LogP contribution in [0.3, 0.4) is 0 Å². The molecule has 8 rings (SSSR count). The van der Waals surface area contributed by atoms with E-state index in [0.717, 1.165) is 33.4 Å². The molecule has 4 N–H and O–H groups in total. The topological polar surface area (TPSA) is 138 Å². The summed E-state index contributed by atoms with van der Waals surface area (Å²) in [6.07, 6.45) is -3.71. The van der Waals surface area contributed by atoms with Crippen molar-refractivity contribution in [3.05, 3.63) is 226 Å². The van der Waals surface area contributed by atoms with E-state index in [2.05, 4.69) is 36.2 Å². The van der Waals surface area contributed by atoms with Crippen molar-refractivity contribution in [2.75, 3.05) is 20.0 Å². The molecule has 10 heteroatoms. The van der Waals surface area contributed by atoms with Crippen LogP contribution in [-0.2, 0) is 20.5 Å². The van der Waals surface area contributed by atoms with Crippen molar-refractivity contribution in [2.45, 2.75) is 60.9 Å². The van der Waals surface area contributed by atoms with E-state index in [1.165, 1.54) is 16.8 Å². The number of hydrogen-bond acceptors (Lipinski definition) is 9. The van der Waals surface area contributed by atoms with Gasteiger partial charge in [-0.1, -0.05) is 159 Å². The molecule has 5 atom stereocenters. The summed E-state index contributed by atoms with van der Waals surface area (Å²) >= 11 is 0. The van der Waals surface area contributed by atoms with Gasteiger partial charge < -0.3 is 34.9 Å². The Morgan fingerprint density at radius 3 is 1.47 bits per heavy atom. The SMILES string of the molecule is CCCC(OC(c1ccccc1)(c1ccccc1)c1ccc(OC)cc1)([C@H]1O[C@@H](n2ccc(N)nc2=O)[C@H](O)[C@@H]1O)C(c1ccccc1)(c1ccccc1)c1ccc(OC)cc1. The van der Waals surface area contributed by atoms with Crippen molar-refractivity contribution in [3.63, 3.8) is 0 Å². The van der Waals surface area contributed by atoms with Gasteiger partial charge >= 0.3 is 5.69 Å². The lowest BCUT2D eigenvalue weighted by Crippen LogP contribution is -2.67. The monoisotopic (exact) mass is 829 g/mol. The molecule has 10 nitrogen and oxygen atoms in total. The van der Waals surface area contributed by atoms with Gasteiger partial charge in [0, 0.05) is 6.20 Å². The summed E-state index contributed by atoms with van der Waals surface area (Å²) in [5, 5.41) is 25.2. The zero-order chi connectivity index (χ0) is 43.3. The Balaban J connectivity index is 1.57. The lowest BCUT2D eigenvalue weighted by Gasteiger charge is -2.58. The zero-order valence-corrected chi connectivity index (χ0v) is 35.0. The van der Waals surface area contributed by atoms with Gasteiger partial charge in [0.15, 0.2) is 6.23 Å². The standard InChI is InChI=1S/C52H51N3O7/c1-4-34-50(47-45(56)46(57)48(61-47)55-35-33-44(53)54-49(55)58,51(36-17-9-5-10-18-36,37-19-11-6-12-20-37)38-25-29-42(59-2)30-26-38)62-52(39-21-13-7-14-22-39,40-23-15-8-16-24-40)41-27-31-43(60-3)32-28-41/h5-33,35,45-48,56-57H,4,34H2,1-3H3,(H2,53,54,58)/t45-,46+,47-,48+,50?/m0/s1. The predicted octanol–water partition coefficient (Wildman–Crippen LogP) is 8.04. The van der Waals surface area contributed by atoms with Crippen LogP contribution < -0.4 is 20.9 Å². The molecular formula is C52H51N3O7. The van der Waals surface area contributed by atoms with Gasteiger partial charge in [0.05, 0.1) is 19.6 Å². The van der Waals surface area contributed by atoms with Crippen LogP contribution in [0.5, 0.6) is 11.5 Å². The van der Waals surface area contributed by atoms with Crippen molar-refractivity contribution in [3.8, 4) is 11.5 Å². The predicted molar refractivity (Wildman–Crippen MR) is 239 cm³/mol. The molecule has 1 aromatic heterocycles. The highest BCUT2D eigenvalue weighted by molar-refractivity contribution is 5.58. The van der Waals surface area contributed by atoms with E-state index in [-0.39, 0.29) is 12.2 Å². The molecule has 6 aromatic carbocycles. The molecular weight excluding hydrogens is 779 g/mol. The van der Waals surface area contributed by atoms with Crippen LogP contribution in [0, 0.1) is 0 Å². The van der Waals surface area contributed by atoms with E-state index >= 15 is 0 Å². The largest absolute Gasteiger partial charge is 0.497 e. The molecule has 0 amide bonds. The Kier molecular flexibility index (Phi) is 12.1. The number of aliphatic hydroxyl groups is 2. The minimum absolute atomic E-state index is 0.0150. The maximum absolute atomic E-state index is 13.6. The first-order valence-electron chi connectivity index (χ1n) is 20.8. The van der Waals surface area contributed by atoms with Crippen LogP contribution in [0.15, 0.2) is 187 Å². The average Bonchev–Trinajstić information content (AvgIpc) is 3.62. The second-order valence-electron chi connectivity index (χ2n) is 15.6. The van der Waals surface area contributed by atoms with Gasteiger partial charge in [-0.2, -0.15) is 4.98 Å². The number of aliphatic hydroxyl groups excluding tert-OH is 2. The number of rotatable bonds is 15. The van der Waals surface area contributed by atoms with Crippen LogP contribution in [0.4, 0.5) is 5.82 Å². The molecule has 1 fully saturated rings. The Hall–Kier alpha value is -6.56. The minimum atomic E-state index is -1.68. The fourth-order valence-corrected chi connectivity index (χ4v) is 9.57. The van der Waals surface area contributed by atoms with Gasteiger partial charge in [0.1, 0.15) is 46.8 Å². The molecule has 0 spiro atoms. The third-order valence-electron chi connectivity index (χ3n) is 12.2. The van der Waals surface area contributed by atoms with Crippen LogP contribution in [0.2, 0.25) is 0 Å². The van der Waals surface area contributed by atoms with Gasteiger partial charge in [-0.3, -0.25) is 4.57 Å². The molecule has 7 aromatic rings.